The van der Waals surface area contributed by atoms with E-state index in [1.807, 2.05) is 68.5 Å². The second-order valence-corrected chi connectivity index (χ2v) is 8.80. The zero-order valence-corrected chi connectivity index (χ0v) is 20.9. The van der Waals surface area contributed by atoms with Crippen LogP contribution in [-0.4, -0.2) is 34.0 Å². The van der Waals surface area contributed by atoms with Gasteiger partial charge in [0.25, 0.3) is 11.5 Å². The molecule has 0 saturated heterocycles. The molecule has 8 heteroatoms. The maximum Gasteiger partial charge on any atom is 0.266 e. The lowest BCUT2D eigenvalue weighted by molar-refractivity contribution is -0.118. The first kappa shape index (κ1) is 24.9. The van der Waals surface area contributed by atoms with E-state index in [0.717, 1.165) is 11.1 Å². The summed E-state index contributed by atoms with van der Waals surface area (Å²) in [6.45, 7) is 4.37. The summed E-state index contributed by atoms with van der Waals surface area (Å²) in [4.78, 5) is 30.5. The highest BCUT2D eigenvalue weighted by molar-refractivity contribution is 7.99. The third kappa shape index (κ3) is 6.28. The summed E-state index contributed by atoms with van der Waals surface area (Å²) in [6, 6.07) is 24.3. The maximum atomic E-state index is 13.4. The molecule has 1 amide bonds. The molecule has 3 aromatic carbocycles. The van der Waals surface area contributed by atoms with Crippen LogP contribution in [0.15, 0.2) is 99.5 Å². The summed E-state index contributed by atoms with van der Waals surface area (Å²) in [7, 11) is 0. The van der Waals surface area contributed by atoms with E-state index >= 15 is 0 Å². The monoisotopic (exact) mass is 498 g/mol. The van der Waals surface area contributed by atoms with E-state index in [2.05, 4.69) is 15.5 Å². The van der Waals surface area contributed by atoms with Gasteiger partial charge in [-0.1, -0.05) is 60.3 Å². The Morgan fingerprint density at radius 1 is 1.06 bits per heavy atom. The number of amides is 1. The fourth-order valence-electron chi connectivity index (χ4n) is 3.51. The second-order valence-electron chi connectivity index (χ2n) is 7.86. The largest absolute Gasteiger partial charge is 0.494 e. The van der Waals surface area contributed by atoms with Crippen molar-refractivity contribution in [2.75, 3.05) is 12.4 Å². The molecule has 0 spiro atoms. The van der Waals surface area contributed by atoms with Crippen LogP contribution in [0.4, 0.5) is 0 Å². The van der Waals surface area contributed by atoms with Crippen molar-refractivity contribution in [3.63, 3.8) is 0 Å². The number of carbonyl (C=O) groups excluding carboxylic acids is 1. The van der Waals surface area contributed by atoms with Gasteiger partial charge in [-0.15, -0.1) is 0 Å². The number of fused-ring (bicyclic) bond motifs is 1. The van der Waals surface area contributed by atoms with Crippen molar-refractivity contribution in [1.82, 2.24) is 15.0 Å². The van der Waals surface area contributed by atoms with Gasteiger partial charge in [0, 0.05) is 0 Å². The molecular formula is C28H26N4O3S. The van der Waals surface area contributed by atoms with Crippen LogP contribution >= 0.6 is 11.8 Å². The molecule has 0 bridgehead atoms. The van der Waals surface area contributed by atoms with Crippen LogP contribution in [-0.2, 0) is 4.79 Å². The summed E-state index contributed by atoms with van der Waals surface area (Å²) in [5.74, 6) is 0.455. The Kier molecular flexibility index (Phi) is 8.31. The summed E-state index contributed by atoms with van der Waals surface area (Å²) in [6.07, 6.45) is 3.57. The molecule has 1 heterocycles. The van der Waals surface area contributed by atoms with Crippen molar-refractivity contribution in [3.8, 4) is 11.4 Å². The predicted molar refractivity (Wildman–Crippen MR) is 146 cm³/mol. The number of hydrogen-bond donors (Lipinski definition) is 1. The highest BCUT2D eigenvalue weighted by Crippen LogP contribution is 2.23. The fraction of sp³-hybridized carbons (Fsp3) is 0.143. The first-order valence-corrected chi connectivity index (χ1v) is 12.5. The van der Waals surface area contributed by atoms with Gasteiger partial charge in [0.2, 0.25) is 0 Å². The molecule has 36 heavy (non-hydrogen) atoms. The lowest BCUT2D eigenvalue weighted by Gasteiger charge is -2.13. The zero-order valence-electron chi connectivity index (χ0n) is 20.0. The van der Waals surface area contributed by atoms with E-state index in [-0.39, 0.29) is 17.2 Å². The zero-order chi connectivity index (χ0) is 25.3. The Hall–Kier alpha value is -4.17. The number of carbonyl (C=O) groups is 1. The van der Waals surface area contributed by atoms with Gasteiger partial charge in [0.05, 0.1) is 35.2 Å². The molecule has 4 rings (SSSR count). The summed E-state index contributed by atoms with van der Waals surface area (Å²) < 4.78 is 7.04. The molecule has 0 fully saturated rings. The number of nitrogens with one attached hydrogen (secondary N) is 1. The van der Waals surface area contributed by atoms with E-state index in [1.54, 1.807) is 36.5 Å². The third-order valence-corrected chi connectivity index (χ3v) is 6.07. The van der Waals surface area contributed by atoms with Gasteiger partial charge in [-0.25, -0.2) is 10.4 Å². The fourth-order valence-corrected chi connectivity index (χ4v) is 4.32. The van der Waals surface area contributed by atoms with Crippen molar-refractivity contribution in [2.45, 2.75) is 19.0 Å². The van der Waals surface area contributed by atoms with Crippen LogP contribution in [0.25, 0.3) is 22.7 Å². The predicted octanol–water partition coefficient (Wildman–Crippen LogP) is 5.08. The molecule has 7 nitrogen and oxygen atoms in total. The van der Waals surface area contributed by atoms with Crippen LogP contribution < -0.4 is 15.7 Å². The van der Waals surface area contributed by atoms with Gasteiger partial charge >= 0.3 is 0 Å². The number of ether oxygens (including phenoxy) is 1. The lowest BCUT2D eigenvalue weighted by atomic mass is 10.1. The minimum absolute atomic E-state index is 0.0423. The maximum absolute atomic E-state index is 13.4. The molecule has 0 unspecified atom stereocenters. The third-order valence-electron chi connectivity index (χ3n) is 5.13. The highest BCUT2D eigenvalue weighted by Gasteiger charge is 2.15. The van der Waals surface area contributed by atoms with Gasteiger partial charge in [-0.3, -0.25) is 14.2 Å². The van der Waals surface area contributed by atoms with Gasteiger partial charge in [0.15, 0.2) is 5.16 Å². The molecule has 1 aromatic heterocycles. The van der Waals surface area contributed by atoms with E-state index < -0.39 is 0 Å². The van der Waals surface area contributed by atoms with Crippen molar-refractivity contribution < 1.29 is 9.53 Å². The minimum Gasteiger partial charge on any atom is -0.494 e. The van der Waals surface area contributed by atoms with Crippen molar-refractivity contribution in [2.24, 2.45) is 5.10 Å². The number of nitrogens with zero attached hydrogens (tertiary/aromatic N) is 3. The van der Waals surface area contributed by atoms with Crippen LogP contribution in [0.5, 0.6) is 5.75 Å². The van der Waals surface area contributed by atoms with E-state index in [9.17, 15) is 9.59 Å². The highest BCUT2D eigenvalue weighted by atomic mass is 32.2. The molecule has 0 atom stereocenters. The average Bonchev–Trinajstić information content (AvgIpc) is 2.89. The standard InChI is InChI=1S/C28H26N4O3S/c1-3-35-23-15-13-22(14-16-23)32-27(34)24-11-7-8-12-25(24)30-28(32)36-19-26(33)31-29-18-20(2)17-21-9-5-4-6-10-21/h4-18H,3,19H2,1-2H3,(H,31,33). The Bertz CT molecular complexity index is 1460. The van der Waals surface area contributed by atoms with Crippen LogP contribution in [0, 0.1) is 0 Å². The lowest BCUT2D eigenvalue weighted by Crippen LogP contribution is -2.24. The molecular weight excluding hydrogens is 472 g/mol. The molecule has 0 aliphatic heterocycles. The Balaban J connectivity index is 1.51. The molecule has 1 N–H and O–H groups in total. The normalized spacial score (nSPS) is 11.7. The average molecular weight is 499 g/mol. The van der Waals surface area contributed by atoms with Crippen molar-refractivity contribution >= 4 is 40.9 Å². The molecule has 0 aliphatic rings. The first-order chi connectivity index (χ1) is 17.5. The van der Waals surface area contributed by atoms with Crippen molar-refractivity contribution in [3.05, 3.63) is 100 Å². The minimum atomic E-state index is -0.301. The number of para-hydroxylation sites is 1. The van der Waals surface area contributed by atoms with Crippen molar-refractivity contribution in [1.29, 1.82) is 0 Å². The Morgan fingerprint density at radius 2 is 1.78 bits per heavy atom. The Morgan fingerprint density at radius 3 is 2.53 bits per heavy atom. The van der Waals surface area contributed by atoms with E-state index in [0.29, 0.717) is 34.1 Å². The van der Waals surface area contributed by atoms with Gasteiger partial charge < -0.3 is 4.74 Å². The molecule has 0 aliphatic carbocycles. The number of hydrogen-bond acceptors (Lipinski definition) is 6. The first-order valence-electron chi connectivity index (χ1n) is 11.5. The summed E-state index contributed by atoms with van der Waals surface area (Å²) >= 11 is 1.17. The van der Waals surface area contributed by atoms with E-state index in [1.165, 1.54) is 16.3 Å². The SMILES string of the molecule is CCOc1ccc(-n2c(SCC(=O)NN=CC(C)=Cc3ccccc3)nc3ccccc3c2=O)cc1. The topological polar surface area (TPSA) is 85.6 Å². The Labute approximate surface area is 213 Å². The molecule has 4 aromatic rings. The quantitative estimate of drug-likeness (QED) is 0.151. The van der Waals surface area contributed by atoms with Crippen LogP contribution in [0.2, 0.25) is 0 Å². The molecule has 0 saturated carbocycles. The number of aromatic nitrogens is 2. The van der Waals surface area contributed by atoms with Gasteiger partial charge in [-0.05, 0) is 61.4 Å². The van der Waals surface area contributed by atoms with Crippen LogP contribution in [0.3, 0.4) is 0 Å². The number of rotatable bonds is 9. The molecule has 0 radical (unpaired) electrons. The van der Waals surface area contributed by atoms with Gasteiger partial charge in [-0.2, -0.15) is 5.10 Å². The van der Waals surface area contributed by atoms with Crippen LogP contribution in [0.1, 0.15) is 19.4 Å². The second kappa shape index (κ2) is 12.0. The number of benzene rings is 3. The smallest absolute Gasteiger partial charge is 0.266 e. The summed E-state index contributed by atoms with van der Waals surface area (Å²) in [5, 5.41) is 4.97. The number of allylic oxidation sites excluding steroid dienone is 1. The number of thioether (sulfide) groups is 1. The van der Waals surface area contributed by atoms with E-state index in [4.69, 9.17) is 4.74 Å². The van der Waals surface area contributed by atoms with Gasteiger partial charge in [0.1, 0.15) is 5.75 Å². The summed E-state index contributed by atoms with van der Waals surface area (Å²) in [5.41, 5.74) is 5.51. The molecule has 182 valence electrons. The number of hydrazone groups is 1.